The van der Waals surface area contributed by atoms with Gasteiger partial charge in [0.15, 0.2) is 0 Å². The predicted octanol–water partition coefficient (Wildman–Crippen LogP) is 2.45. The molecule has 0 amide bonds. The van der Waals surface area contributed by atoms with Crippen LogP contribution in [0.3, 0.4) is 0 Å². The molecule has 1 aliphatic heterocycles. The van der Waals surface area contributed by atoms with Gasteiger partial charge in [-0.05, 0) is 23.3 Å². The van der Waals surface area contributed by atoms with E-state index in [0.29, 0.717) is 0 Å². The van der Waals surface area contributed by atoms with Crippen molar-refractivity contribution in [3.8, 4) is 5.75 Å². The van der Waals surface area contributed by atoms with Gasteiger partial charge in [0, 0.05) is 38.1 Å². The largest absolute Gasteiger partial charge is 0.492 e. The van der Waals surface area contributed by atoms with E-state index in [9.17, 15) is 0 Å². The number of nitrogens with zero attached hydrogens (tertiary/aromatic N) is 1. The summed E-state index contributed by atoms with van der Waals surface area (Å²) in [5.41, 5.74) is 2.64. The number of ether oxygens (including phenoxy) is 1. The first kappa shape index (κ1) is 23.4. The van der Waals surface area contributed by atoms with Crippen LogP contribution in [0.4, 0.5) is 0 Å². The van der Waals surface area contributed by atoms with Gasteiger partial charge in [-0.25, -0.2) is 9.59 Å². The molecule has 30 heavy (non-hydrogen) atoms. The molecule has 7 heteroatoms. The van der Waals surface area contributed by atoms with Crippen molar-refractivity contribution in [1.29, 1.82) is 0 Å². The molecular weight excluding hydrogens is 384 g/mol. The zero-order chi connectivity index (χ0) is 22.0. The molecule has 2 aromatic rings. The average molecular weight is 415 g/mol. The minimum Gasteiger partial charge on any atom is -0.492 e. The molecule has 0 radical (unpaired) electrons. The third-order valence-corrected chi connectivity index (χ3v) is 5.14. The lowest BCUT2D eigenvalue weighted by atomic mass is 9.78. The molecule has 0 aliphatic carbocycles. The van der Waals surface area contributed by atoms with E-state index < -0.39 is 11.9 Å². The minimum absolute atomic E-state index is 0.000586. The van der Waals surface area contributed by atoms with E-state index in [-0.39, 0.29) is 5.41 Å². The topological polar surface area (TPSA) is 99.1 Å². The zero-order valence-corrected chi connectivity index (χ0v) is 17.5. The number of carboxylic acid groups (broad SMARTS) is 2. The monoisotopic (exact) mass is 414 g/mol. The van der Waals surface area contributed by atoms with E-state index >= 15 is 0 Å². The summed E-state index contributed by atoms with van der Waals surface area (Å²) < 4.78 is 5.92. The third kappa shape index (κ3) is 7.17. The van der Waals surface area contributed by atoms with E-state index in [1.54, 1.807) is 0 Å². The third-order valence-electron chi connectivity index (χ3n) is 5.14. The van der Waals surface area contributed by atoms with Crippen molar-refractivity contribution in [2.45, 2.75) is 19.3 Å². The highest BCUT2D eigenvalue weighted by atomic mass is 16.5. The Bertz CT molecular complexity index is 788. The van der Waals surface area contributed by atoms with Crippen molar-refractivity contribution in [1.82, 2.24) is 10.2 Å². The Morgan fingerprint density at radius 3 is 2.00 bits per heavy atom. The number of carboxylic acids is 2. The molecule has 0 spiro atoms. The van der Waals surface area contributed by atoms with Gasteiger partial charge in [0.1, 0.15) is 12.4 Å². The van der Waals surface area contributed by atoms with Gasteiger partial charge in [-0.2, -0.15) is 0 Å². The van der Waals surface area contributed by atoms with Gasteiger partial charge < -0.3 is 20.3 Å². The maximum absolute atomic E-state index is 9.10. The van der Waals surface area contributed by atoms with Crippen LogP contribution in [-0.4, -0.2) is 66.4 Å². The molecule has 1 saturated heterocycles. The Balaban J connectivity index is 0.000000469. The van der Waals surface area contributed by atoms with Crippen molar-refractivity contribution in [3.05, 3.63) is 65.7 Å². The van der Waals surface area contributed by atoms with E-state index in [2.05, 4.69) is 78.7 Å². The van der Waals surface area contributed by atoms with Crippen LogP contribution in [0.2, 0.25) is 0 Å². The normalized spacial score (nSPS) is 14.3. The number of hydrogen-bond donors (Lipinski definition) is 3. The van der Waals surface area contributed by atoms with Gasteiger partial charge in [-0.1, -0.05) is 56.3 Å². The Morgan fingerprint density at radius 2 is 1.47 bits per heavy atom. The van der Waals surface area contributed by atoms with Crippen LogP contribution in [0, 0.1) is 0 Å². The number of piperazine rings is 1. The van der Waals surface area contributed by atoms with Crippen LogP contribution in [0.5, 0.6) is 5.75 Å². The van der Waals surface area contributed by atoms with Gasteiger partial charge in [-0.3, -0.25) is 4.90 Å². The second kappa shape index (κ2) is 11.3. The van der Waals surface area contributed by atoms with E-state index in [0.717, 1.165) is 45.1 Å². The second-order valence-electron chi connectivity index (χ2n) is 7.57. The summed E-state index contributed by atoms with van der Waals surface area (Å²) in [4.78, 5) is 20.6. The molecule has 0 aromatic heterocycles. The molecule has 1 heterocycles. The van der Waals surface area contributed by atoms with Crippen LogP contribution < -0.4 is 10.1 Å². The lowest BCUT2D eigenvalue weighted by molar-refractivity contribution is -0.159. The molecule has 7 nitrogen and oxygen atoms in total. The van der Waals surface area contributed by atoms with Gasteiger partial charge in [0.25, 0.3) is 0 Å². The summed E-state index contributed by atoms with van der Waals surface area (Å²) in [6.07, 6.45) is 0. The van der Waals surface area contributed by atoms with Crippen LogP contribution in [0.15, 0.2) is 54.6 Å². The van der Waals surface area contributed by atoms with E-state index in [4.69, 9.17) is 24.5 Å². The standard InChI is InChI=1S/C21H28N2O.C2H2O4/c1-21(2,18-6-4-3-5-7-18)19-8-10-20(11-9-19)24-17-16-23-14-12-22-13-15-23;3-1(4)2(5)6/h3-11,22H,12-17H2,1-2H3;(H,3,4)(H,5,6). The number of nitrogens with one attached hydrogen (secondary N) is 1. The summed E-state index contributed by atoms with van der Waals surface area (Å²) in [5.74, 6) is -2.69. The summed E-state index contributed by atoms with van der Waals surface area (Å²) in [7, 11) is 0. The first-order valence-electron chi connectivity index (χ1n) is 9.99. The highest BCUT2D eigenvalue weighted by Crippen LogP contribution is 2.32. The molecule has 2 aromatic carbocycles. The Labute approximate surface area is 177 Å². The summed E-state index contributed by atoms with van der Waals surface area (Å²) in [6.45, 7) is 10.7. The quantitative estimate of drug-likeness (QED) is 0.625. The molecule has 162 valence electrons. The smallest absolute Gasteiger partial charge is 0.414 e. The summed E-state index contributed by atoms with van der Waals surface area (Å²) >= 11 is 0. The van der Waals surface area contributed by atoms with Gasteiger partial charge in [0.2, 0.25) is 0 Å². The van der Waals surface area contributed by atoms with Crippen LogP contribution in [0.1, 0.15) is 25.0 Å². The fraction of sp³-hybridized carbons (Fsp3) is 0.391. The molecule has 0 bridgehead atoms. The highest BCUT2D eigenvalue weighted by molar-refractivity contribution is 6.27. The number of carbonyl (C=O) groups is 2. The maximum atomic E-state index is 9.10. The van der Waals surface area contributed by atoms with Crippen LogP contribution in [0.25, 0.3) is 0 Å². The SMILES string of the molecule is CC(C)(c1ccccc1)c1ccc(OCCN2CCNCC2)cc1.O=C(O)C(=O)O. The Hall–Kier alpha value is -2.90. The lowest BCUT2D eigenvalue weighted by Crippen LogP contribution is -2.44. The average Bonchev–Trinajstić information content (AvgIpc) is 2.76. The van der Waals surface area contributed by atoms with Crippen LogP contribution >= 0.6 is 0 Å². The molecule has 0 atom stereocenters. The van der Waals surface area contributed by atoms with Crippen molar-refractivity contribution in [3.63, 3.8) is 0 Å². The van der Waals surface area contributed by atoms with E-state index in [1.165, 1.54) is 11.1 Å². The molecule has 1 aliphatic rings. The van der Waals surface area contributed by atoms with Crippen molar-refractivity contribution in [2.75, 3.05) is 39.3 Å². The molecule has 1 fully saturated rings. The van der Waals surface area contributed by atoms with Gasteiger partial charge in [-0.15, -0.1) is 0 Å². The Morgan fingerprint density at radius 1 is 0.933 bits per heavy atom. The highest BCUT2D eigenvalue weighted by Gasteiger charge is 2.22. The maximum Gasteiger partial charge on any atom is 0.414 e. The minimum atomic E-state index is -1.82. The molecular formula is C23H30N2O5. The predicted molar refractivity (Wildman–Crippen MR) is 115 cm³/mol. The number of hydrogen-bond acceptors (Lipinski definition) is 5. The fourth-order valence-electron chi connectivity index (χ4n) is 3.22. The van der Waals surface area contributed by atoms with Crippen molar-refractivity contribution < 1.29 is 24.5 Å². The van der Waals surface area contributed by atoms with Gasteiger partial charge >= 0.3 is 11.9 Å². The second-order valence-corrected chi connectivity index (χ2v) is 7.57. The number of benzene rings is 2. The molecule has 3 rings (SSSR count). The first-order valence-corrected chi connectivity index (χ1v) is 9.99. The molecule has 0 unspecified atom stereocenters. The molecule has 0 saturated carbocycles. The van der Waals surface area contributed by atoms with Crippen LogP contribution in [-0.2, 0) is 15.0 Å². The van der Waals surface area contributed by atoms with E-state index in [1.807, 2.05) is 0 Å². The summed E-state index contributed by atoms with van der Waals surface area (Å²) in [5, 5.41) is 18.2. The van der Waals surface area contributed by atoms with Crippen molar-refractivity contribution >= 4 is 11.9 Å². The molecule has 3 N–H and O–H groups in total. The number of rotatable bonds is 6. The fourth-order valence-corrected chi connectivity index (χ4v) is 3.22. The number of aliphatic carboxylic acids is 2. The Kier molecular flexibility index (Phi) is 8.83. The summed E-state index contributed by atoms with van der Waals surface area (Å²) in [6, 6.07) is 19.2. The zero-order valence-electron chi connectivity index (χ0n) is 17.5. The van der Waals surface area contributed by atoms with Gasteiger partial charge in [0.05, 0.1) is 0 Å². The lowest BCUT2D eigenvalue weighted by Gasteiger charge is -2.27. The first-order chi connectivity index (χ1) is 14.3. The van der Waals surface area contributed by atoms with Crippen molar-refractivity contribution in [2.24, 2.45) is 0 Å².